The molecule has 0 atom stereocenters. The second kappa shape index (κ2) is 6.88. The summed E-state index contributed by atoms with van der Waals surface area (Å²) in [4.78, 5) is 7.62. The van der Waals surface area contributed by atoms with E-state index in [-0.39, 0.29) is 5.75 Å². The first kappa shape index (κ1) is 18.7. The molecule has 0 bridgehead atoms. The van der Waals surface area contributed by atoms with Crippen molar-refractivity contribution in [3.63, 3.8) is 0 Å². The minimum Gasteiger partial charge on any atom is -0.406 e. The van der Waals surface area contributed by atoms with Crippen molar-refractivity contribution in [3.8, 4) is 17.0 Å². The number of piperidine rings is 1. The van der Waals surface area contributed by atoms with Crippen LogP contribution in [0.2, 0.25) is 0 Å². The lowest BCUT2D eigenvalue weighted by Gasteiger charge is -2.33. The molecule has 2 saturated heterocycles. The van der Waals surface area contributed by atoms with Gasteiger partial charge < -0.3 is 15.0 Å². The molecule has 10 heteroatoms. The summed E-state index contributed by atoms with van der Waals surface area (Å²) in [5.41, 5.74) is 1.52. The predicted molar refractivity (Wildman–Crippen MR) is 104 cm³/mol. The zero-order valence-corrected chi connectivity index (χ0v) is 16.4. The lowest BCUT2D eigenvalue weighted by Crippen LogP contribution is -2.38. The average molecular weight is 423 g/mol. The lowest BCUT2D eigenvalue weighted by atomic mass is 9.78. The van der Waals surface area contributed by atoms with Crippen molar-refractivity contribution in [2.75, 3.05) is 31.1 Å². The minimum absolute atomic E-state index is 0.260. The predicted octanol–water partition coefficient (Wildman–Crippen LogP) is 3.94. The van der Waals surface area contributed by atoms with Crippen LogP contribution in [0.1, 0.15) is 19.3 Å². The fourth-order valence-electron chi connectivity index (χ4n) is 4.27. The highest BCUT2D eigenvalue weighted by Crippen LogP contribution is 2.41. The van der Waals surface area contributed by atoms with Crippen molar-refractivity contribution in [3.05, 3.63) is 30.5 Å². The Morgan fingerprint density at radius 3 is 2.76 bits per heavy atom. The normalized spacial score (nSPS) is 19.3. The summed E-state index contributed by atoms with van der Waals surface area (Å²) in [7, 11) is 0. The SMILES string of the molecule is FC(F)(F)Oc1cccc(-c2cn3nc(N4CCC5(CCNCC5)C4)sc3n2)c1. The van der Waals surface area contributed by atoms with Crippen molar-refractivity contribution in [1.82, 2.24) is 19.9 Å². The number of ether oxygens (including phenoxy) is 1. The highest BCUT2D eigenvalue weighted by molar-refractivity contribution is 7.20. The number of alkyl halides is 3. The van der Waals surface area contributed by atoms with E-state index in [0.29, 0.717) is 16.7 Å². The van der Waals surface area contributed by atoms with Crippen molar-refractivity contribution in [2.24, 2.45) is 5.41 Å². The van der Waals surface area contributed by atoms with Gasteiger partial charge in [0.2, 0.25) is 10.1 Å². The first-order chi connectivity index (χ1) is 13.9. The third-order valence-corrected chi connectivity index (χ3v) is 6.75. The van der Waals surface area contributed by atoms with Crippen LogP contribution in [0.5, 0.6) is 5.75 Å². The van der Waals surface area contributed by atoms with Crippen LogP contribution >= 0.6 is 11.3 Å². The molecule has 4 heterocycles. The number of anilines is 1. The fraction of sp³-hybridized carbons (Fsp3) is 0.474. The Bertz CT molecular complexity index is 993. The van der Waals surface area contributed by atoms with Gasteiger partial charge in [-0.05, 0) is 49.9 Å². The number of benzene rings is 1. The van der Waals surface area contributed by atoms with Crippen molar-refractivity contribution >= 4 is 21.4 Å². The van der Waals surface area contributed by atoms with E-state index in [4.69, 9.17) is 0 Å². The minimum atomic E-state index is -4.72. The second-order valence-corrected chi connectivity index (χ2v) is 8.67. The molecule has 0 saturated carbocycles. The zero-order valence-electron chi connectivity index (χ0n) is 15.6. The Hall–Kier alpha value is -2.33. The molecule has 6 nitrogen and oxygen atoms in total. The van der Waals surface area contributed by atoms with E-state index in [0.717, 1.165) is 36.3 Å². The molecule has 29 heavy (non-hydrogen) atoms. The number of fused-ring (bicyclic) bond motifs is 1. The van der Waals surface area contributed by atoms with E-state index in [1.165, 1.54) is 48.8 Å². The van der Waals surface area contributed by atoms with E-state index in [2.05, 4.69) is 25.0 Å². The monoisotopic (exact) mass is 423 g/mol. The highest BCUT2D eigenvalue weighted by atomic mass is 32.1. The van der Waals surface area contributed by atoms with Crippen molar-refractivity contribution < 1.29 is 17.9 Å². The van der Waals surface area contributed by atoms with Crippen LogP contribution in [0, 0.1) is 5.41 Å². The summed E-state index contributed by atoms with van der Waals surface area (Å²) in [6.45, 7) is 4.18. The van der Waals surface area contributed by atoms with Gasteiger partial charge in [0.05, 0.1) is 11.9 Å². The van der Waals surface area contributed by atoms with Crippen LogP contribution in [0.25, 0.3) is 16.2 Å². The Morgan fingerprint density at radius 2 is 2.00 bits per heavy atom. The number of nitrogens with zero attached hydrogens (tertiary/aromatic N) is 4. The Morgan fingerprint density at radius 1 is 1.17 bits per heavy atom. The summed E-state index contributed by atoms with van der Waals surface area (Å²) in [5.74, 6) is -0.260. The summed E-state index contributed by atoms with van der Waals surface area (Å²) < 4.78 is 43.1. The molecule has 5 rings (SSSR count). The van der Waals surface area contributed by atoms with Gasteiger partial charge >= 0.3 is 6.36 Å². The zero-order chi connectivity index (χ0) is 20.1. The van der Waals surface area contributed by atoms with E-state index < -0.39 is 6.36 Å². The van der Waals surface area contributed by atoms with E-state index in [1.54, 1.807) is 16.8 Å². The van der Waals surface area contributed by atoms with Crippen molar-refractivity contribution in [1.29, 1.82) is 0 Å². The molecule has 1 aromatic carbocycles. The highest BCUT2D eigenvalue weighted by Gasteiger charge is 2.40. The Balaban J connectivity index is 1.35. The Kier molecular flexibility index (Phi) is 4.43. The molecule has 2 aromatic heterocycles. The van der Waals surface area contributed by atoms with Gasteiger partial charge in [0, 0.05) is 18.7 Å². The smallest absolute Gasteiger partial charge is 0.406 e. The quantitative estimate of drug-likeness (QED) is 0.692. The molecule has 3 aromatic rings. The third-order valence-electron chi connectivity index (χ3n) is 5.77. The molecule has 1 spiro atoms. The van der Waals surface area contributed by atoms with Crippen molar-refractivity contribution in [2.45, 2.75) is 25.6 Å². The van der Waals surface area contributed by atoms with E-state index >= 15 is 0 Å². The van der Waals surface area contributed by atoms with Crippen LogP contribution in [0.15, 0.2) is 30.5 Å². The number of rotatable bonds is 3. The molecule has 154 valence electrons. The topological polar surface area (TPSA) is 54.7 Å². The summed E-state index contributed by atoms with van der Waals surface area (Å²) >= 11 is 1.51. The van der Waals surface area contributed by atoms with Gasteiger partial charge in [0.15, 0.2) is 0 Å². The first-order valence-electron chi connectivity index (χ1n) is 9.57. The molecule has 2 aliphatic heterocycles. The molecular weight excluding hydrogens is 403 g/mol. The van der Waals surface area contributed by atoms with Gasteiger partial charge in [-0.15, -0.1) is 18.3 Å². The number of imidazole rings is 1. The van der Waals surface area contributed by atoms with Crippen LogP contribution < -0.4 is 15.0 Å². The molecule has 0 unspecified atom stereocenters. The Labute approximate surface area is 169 Å². The maximum Gasteiger partial charge on any atom is 0.573 e. The van der Waals surface area contributed by atoms with Crippen LogP contribution in [-0.4, -0.2) is 47.1 Å². The standard InChI is InChI=1S/C19H20F3N5OS/c20-19(21,22)28-14-3-1-2-13(10-14)15-11-27-16(24-15)29-17(25-27)26-9-6-18(12-26)4-7-23-8-5-18/h1-3,10-11,23H,4-9,12H2. The average Bonchev–Trinajstić information content (AvgIpc) is 3.34. The third kappa shape index (κ3) is 3.78. The molecule has 0 radical (unpaired) electrons. The number of halogens is 3. The summed E-state index contributed by atoms with van der Waals surface area (Å²) in [6, 6.07) is 5.83. The lowest BCUT2D eigenvalue weighted by molar-refractivity contribution is -0.274. The van der Waals surface area contributed by atoms with Crippen LogP contribution in [0.3, 0.4) is 0 Å². The van der Waals surface area contributed by atoms with Gasteiger partial charge in [0.25, 0.3) is 0 Å². The largest absolute Gasteiger partial charge is 0.573 e. The van der Waals surface area contributed by atoms with Gasteiger partial charge in [0.1, 0.15) is 5.75 Å². The van der Waals surface area contributed by atoms with Gasteiger partial charge in [-0.3, -0.25) is 0 Å². The summed E-state index contributed by atoms with van der Waals surface area (Å²) in [5, 5.41) is 9.05. The molecular formula is C19H20F3N5OS. The molecule has 1 N–H and O–H groups in total. The number of nitrogens with one attached hydrogen (secondary N) is 1. The summed E-state index contributed by atoms with van der Waals surface area (Å²) in [6.07, 6.45) is 0.621. The fourth-order valence-corrected chi connectivity index (χ4v) is 5.18. The molecule has 2 aliphatic rings. The number of hydrogen-bond donors (Lipinski definition) is 1. The maximum atomic E-state index is 12.5. The van der Waals surface area contributed by atoms with E-state index in [9.17, 15) is 13.2 Å². The molecule has 0 aliphatic carbocycles. The second-order valence-electron chi connectivity index (χ2n) is 7.74. The van der Waals surface area contributed by atoms with Gasteiger partial charge in [-0.2, -0.15) is 0 Å². The van der Waals surface area contributed by atoms with Crippen LogP contribution in [0.4, 0.5) is 18.3 Å². The molecule has 2 fully saturated rings. The maximum absolute atomic E-state index is 12.5. The first-order valence-corrected chi connectivity index (χ1v) is 10.4. The van der Waals surface area contributed by atoms with Gasteiger partial charge in [-0.1, -0.05) is 23.5 Å². The van der Waals surface area contributed by atoms with Gasteiger partial charge in [-0.25, -0.2) is 9.50 Å². The number of hydrogen-bond acceptors (Lipinski definition) is 6. The number of aromatic nitrogens is 3. The molecule has 0 amide bonds. The van der Waals surface area contributed by atoms with Crippen LogP contribution in [-0.2, 0) is 0 Å². The van der Waals surface area contributed by atoms with E-state index in [1.807, 2.05) is 0 Å².